The molecule has 3 aliphatic rings. The second-order valence-electron chi connectivity index (χ2n) is 5.11. The highest BCUT2D eigenvalue weighted by atomic mass is 16.2. The first-order valence-corrected chi connectivity index (χ1v) is 5.58. The van der Waals surface area contributed by atoms with Gasteiger partial charge in [0.15, 0.2) is 0 Å². The Kier molecular flexibility index (Phi) is 1.50. The zero-order valence-electron chi connectivity index (χ0n) is 8.12. The van der Waals surface area contributed by atoms with Crippen LogP contribution in [0.2, 0.25) is 0 Å². The average Bonchev–Trinajstić information content (AvgIpc) is 2.91. The molecule has 0 aromatic rings. The van der Waals surface area contributed by atoms with Gasteiger partial charge in [-0.3, -0.25) is 4.79 Å². The largest absolute Gasteiger partial charge is 0.353 e. The van der Waals surface area contributed by atoms with E-state index in [1.807, 2.05) is 0 Å². The summed E-state index contributed by atoms with van der Waals surface area (Å²) in [6.07, 6.45) is 5.18. The lowest BCUT2D eigenvalue weighted by molar-refractivity contribution is -0.123. The fraction of sp³-hybridized carbons (Fsp3) is 0.909. The smallest absolute Gasteiger partial charge is 0.223 e. The standard InChI is InChI=1S/C11H17NO/c1-6-5-9(6)12-11(13)10-7-3-2-4-8(7)10/h6-10H,2-5H2,1H3,(H,12,13)/t6-,7?,8?,9-,10?/m1/s1. The fourth-order valence-electron chi connectivity index (χ4n) is 3.01. The first-order chi connectivity index (χ1) is 6.27. The van der Waals surface area contributed by atoms with Crippen LogP contribution in [0, 0.1) is 23.7 Å². The predicted octanol–water partition coefficient (Wildman–Crippen LogP) is 1.56. The number of amides is 1. The molecule has 0 radical (unpaired) electrons. The second-order valence-corrected chi connectivity index (χ2v) is 5.11. The molecule has 0 heterocycles. The third kappa shape index (κ3) is 1.18. The van der Waals surface area contributed by atoms with E-state index < -0.39 is 0 Å². The van der Waals surface area contributed by atoms with E-state index in [1.165, 1.54) is 25.7 Å². The molecule has 4 atom stereocenters. The predicted molar refractivity (Wildman–Crippen MR) is 50.0 cm³/mol. The molecule has 3 rings (SSSR count). The van der Waals surface area contributed by atoms with E-state index in [0.717, 1.165) is 17.8 Å². The van der Waals surface area contributed by atoms with Gasteiger partial charge in [0, 0.05) is 12.0 Å². The Labute approximate surface area is 79.1 Å². The lowest BCUT2D eigenvalue weighted by atomic mass is 10.1. The van der Waals surface area contributed by atoms with Crippen LogP contribution in [0.3, 0.4) is 0 Å². The van der Waals surface area contributed by atoms with E-state index in [1.54, 1.807) is 0 Å². The van der Waals surface area contributed by atoms with Gasteiger partial charge in [0.2, 0.25) is 5.91 Å². The highest BCUT2D eigenvalue weighted by Gasteiger charge is 2.57. The Hall–Kier alpha value is -0.530. The van der Waals surface area contributed by atoms with Crippen molar-refractivity contribution in [1.29, 1.82) is 0 Å². The number of hydrogen-bond donors (Lipinski definition) is 1. The monoisotopic (exact) mass is 179 g/mol. The molecule has 0 aromatic carbocycles. The number of nitrogens with one attached hydrogen (secondary N) is 1. The van der Waals surface area contributed by atoms with Gasteiger partial charge in [-0.25, -0.2) is 0 Å². The molecule has 0 spiro atoms. The summed E-state index contributed by atoms with van der Waals surface area (Å²) >= 11 is 0. The summed E-state index contributed by atoms with van der Waals surface area (Å²) < 4.78 is 0. The number of carbonyl (C=O) groups excluding carboxylic acids is 1. The van der Waals surface area contributed by atoms with Gasteiger partial charge in [0.05, 0.1) is 0 Å². The molecule has 1 N–H and O–H groups in total. The molecule has 0 saturated heterocycles. The minimum atomic E-state index is 0.365. The van der Waals surface area contributed by atoms with E-state index in [4.69, 9.17) is 0 Å². The summed E-state index contributed by atoms with van der Waals surface area (Å²) in [6, 6.07) is 0.522. The molecular formula is C11H17NO. The maximum absolute atomic E-state index is 11.7. The molecule has 0 bridgehead atoms. The van der Waals surface area contributed by atoms with Gasteiger partial charge in [-0.1, -0.05) is 13.3 Å². The molecule has 1 amide bonds. The Morgan fingerprint density at radius 3 is 2.46 bits per heavy atom. The normalized spacial score (nSPS) is 51.3. The van der Waals surface area contributed by atoms with Crippen LogP contribution in [0.4, 0.5) is 0 Å². The fourth-order valence-corrected chi connectivity index (χ4v) is 3.01. The van der Waals surface area contributed by atoms with Crippen LogP contribution in [0.15, 0.2) is 0 Å². The first-order valence-electron chi connectivity index (χ1n) is 5.58. The van der Waals surface area contributed by atoms with Crippen LogP contribution in [0.25, 0.3) is 0 Å². The molecule has 3 fully saturated rings. The Balaban J connectivity index is 1.53. The maximum Gasteiger partial charge on any atom is 0.223 e. The Morgan fingerprint density at radius 1 is 1.31 bits per heavy atom. The zero-order chi connectivity index (χ0) is 9.00. The summed E-state index contributed by atoms with van der Waals surface area (Å²) in [5, 5.41) is 3.16. The van der Waals surface area contributed by atoms with Crippen molar-refractivity contribution in [1.82, 2.24) is 5.32 Å². The van der Waals surface area contributed by atoms with Gasteiger partial charge in [0.25, 0.3) is 0 Å². The molecule has 2 heteroatoms. The lowest BCUT2D eigenvalue weighted by Crippen LogP contribution is -2.29. The topological polar surface area (TPSA) is 29.1 Å². The molecule has 72 valence electrons. The van der Waals surface area contributed by atoms with Crippen molar-refractivity contribution in [3.8, 4) is 0 Å². The number of fused-ring (bicyclic) bond motifs is 1. The van der Waals surface area contributed by atoms with Crippen molar-refractivity contribution in [2.75, 3.05) is 0 Å². The van der Waals surface area contributed by atoms with E-state index in [2.05, 4.69) is 12.2 Å². The van der Waals surface area contributed by atoms with Gasteiger partial charge in [-0.2, -0.15) is 0 Å². The zero-order valence-corrected chi connectivity index (χ0v) is 8.12. The third-order valence-electron chi connectivity index (χ3n) is 4.15. The van der Waals surface area contributed by atoms with Crippen molar-refractivity contribution in [3.05, 3.63) is 0 Å². The van der Waals surface area contributed by atoms with E-state index in [-0.39, 0.29) is 0 Å². The molecule has 0 aromatic heterocycles. The highest BCUT2D eigenvalue weighted by Crippen LogP contribution is 2.57. The summed E-state index contributed by atoms with van der Waals surface area (Å²) in [4.78, 5) is 11.7. The van der Waals surface area contributed by atoms with Crippen molar-refractivity contribution < 1.29 is 4.79 Å². The molecule has 2 unspecified atom stereocenters. The highest BCUT2D eigenvalue weighted by molar-refractivity contribution is 5.83. The van der Waals surface area contributed by atoms with E-state index >= 15 is 0 Å². The summed E-state index contributed by atoms with van der Waals surface area (Å²) in [5.74, 6) is 3.07. The summed E-state index contributed by atoms with van der Waals surface area (Å²) in [7, 11) is 0. The van der Waals surface area contributed by atoms with Crippen molar-refractivity contribution >= 4 is 5.91 Å². The van der Waals surface area contributed by atoms with Gasteiger partial charge in [0.1, 0.15) is 0 Å². The number of carbonyl (C=O) groups is 1. The van der Waals surface area contributed by atoms with Gasteiger partial charge < -0.3 is 5.32 Å². The van der Waals surface area contributed by atoms with Crippen LogP contribution < -0.4 is 5.32 Å². The van der Waals surface area contributed by atoms with Crippen molar-refractivity contribution in [2.45, 2.75) is 38.6 Å². The Bertz CT molecular complexity index is 240. The average molecular weight is 179 g/mol. The van der Waals surface area contributed by atoms with Gasteiger partial charge in [-0.15, -0.1) is 0 Å². The van der Waals surface area contributed by atoms with Crippen LogP contribution in [0.5, 0.6) is 0 Å². The van der Waals surface area contributed by atoms with Gasteiger partial charge in [-0.05, 0) is 37.0 Å². The molecule has 2 nitrogen and oxygen atoms in total. The molecule has 0 aliphatic heterocycles. The first kappa shape index (κ1) is 7.84. The summed E-state index contributed by atoms with van der Waals surface area (Å²) in [6.45, 7) is 2.21. The quantitative estimate of drug-likeness (QED) is 0.684. The SMILES string of the molecule is C[C@@H]1C[C@H]1NC(=O)C1C2CCCC21. The third-order valence-corrected chi connectivity index (χ3v) is 4.15. The van der Waals surface area contributed by atoms with Crippen molar-refractivity contribution in [3.63, 3.8) is 0 Å². The minimum Gasteiger partial charge on any atom is -0.353 e. The van der Waals surface area contributed by atoms with Crippen LogP contribution in [-0.4, -0.2) is 11.9 Å². The number of rotatable bonds is 2. The van der Waals surface area contributed by atoms with Crippen LogP contribution >= 0.6 is 0 Å². The van der Waals surface area contributed by atoms with Crippen molar-refractivity contribution in [2.24, 2.45) is 23.7 Å². The molecular weight excluding hydrogens is 162 g/mol. The second kappa shape index (κ2) is 2.49. The number of hydrogen-bond acceptors (Lipinski definition) is 1. The van der Waals surface area contributed by atoms with Crippen LogP contribution in [0.1, 0.15) is 32.6 Å². The van der Waals surface area contributed by atoms with E-state index in [9.17, 15) is 4.79 Å². The molecule has 13 heavy (non-hydrogen) atoms. The minimum absolute atomic E-state index is 0.365. The Morgan fingerprint density at radius 2 is 1.92 bits per heavy atom. The molecule has 3 saturated carbocycles. The van der Waals surface area contributed by atoms with Crippen LogP contribution in [-0.2, 0) is 4.79 Å². The van der Waals surface area contributed by atoms with E-state index in [0.29, 0.717) is 17.9 Å². The molecule has 3 aliphatic carbocycles. The maximum atomic E-state index is 11.7. The lowest BCUT2D eigenvalue weighted by Gasteiger charge is -2.04. The summed E-state index contributed by atoms with van der Waals surface area (Å²) in [5.41, 5.74) is 0. The van der Waals surface area contributed by atoms with Gasteiger partial charge >= 0.3 is 0 Å².